The molecule has 0 bridgehead atoms. The maximum atomic E-state index is 11.9. The number of amides is 2. The maximum absolute atomic E-state index is 11.9. The maximum Gasteiger partial charge on any atom is 0.319 e. The Labute approximate surface area is 119 Å². The van der Waals surface area contributed by atoms with Gasteiger partial charge in [0.25, 0.3) is 0 Å². The third-order valence-electron chi connectivity index (χ3n) is 3.74. The van der Waals surface area contributed by atoms with E-state index >= 15 is 0 Å². The number of ketones is 1. The number of nitrogens with one attached hydrogen (secondary N) is 2. The van der Waals surface area contributed by atoms with E-state index in [-0.39, 0.29) is 17.9 Å². The molecule has 0 saturated heterocycles. The summed E-state index contributed by atoms with van der Waals surface area (Å²) in [4.78, 5) is 23.1. The lowest BCUT2D eigenvalue weighted by Gasteiger charge is -2.16. The molecule has 4 nitrogen and oxygen atoms in total. The first kappa shape index (κ1) is 14.6. The second-order valence-corrected chi connectivity index (χ2v) is 5.42. The standard InChI is InChI=1S/C16H22N2O2/c1-12(19)13-8-10-15(11-9-13)18-16(20)17-14-6-4-2-3-5-7-14/h8-11,14H,2-7H2,1H3,(H2,17,18,20). The number of carbonyl (C=O) groups excluding carboxylic acids is 2. The first-order valence-corrected chi connectivity index (χ1v) is 7.33. The molecule has 2 N–H and O–H groups in total. The minimum absolute atomic E-state index is 0.0273. The molecule has 0 aromatic heterocycles. The zero-order chi connectivity index (χ0) is 14.4. The van der Waals surface area contributed by atoms with Crippen LogP contribution in [0.15, 0.2) is 24.3 Å². The normalized spacial score (nSPS) is 16.2. The van der Waals surface area contributed by atoms with E-state index in [0.717, 1.165) is 12.8 Å². The SMILES string of the molecule is CC(=O)c1ccc(NC(=O)NC2CCCCCC2)cc1. The number of benzene rings is 1. The topological polar surface area (TPSA) is 58.2 Å². The van der Waals surface area contributed by atoms with Crippen molar-refractivity contribution >= 4 is 17.5 Å². The molecular weight excluding hydrogens is 252 g/mol. The van der Waals surface area contributed by atoms with Gasteiger partial charge >= 0.3 is 6.03 Å². The summed E-state index contributed by atoms with van der Waals surface area (Å²) in [6.45, 7) is 1.53. The summed E-state index contributed by atoms with van der Waals surface area (Å²) >= 11 is 0. The highest BCUT2D eigenvalue weighted by atomic mass is 16.2. The minimum atomic E-state index is -0.160. The highest BCUT2D eigenvalue weighted by Crippen LogP contribution is 2.17. The summed E-state index contributed by atoms with van der Waals surface area (Å²) in [6, 6.07) is 7.08. The molecule has 20 heavy (non-hydrogen) atoms. The second-order valence-electron chi connectivity index (χ2n) is 5.42. The molecule has 1 saturated carbocycles. The molecule has 4 heteroatoms. The van der Waals surface area contributed by atoms with Crippen molar-refractivity contribution in [1.29, 1.82) is 0 Å². The van der Waals surface area contributed by atoms with Crippen LogP contribution in [-0.2, 0) is 0 Å². The predicted molar refractivity (Wildman–Crippen MR) is 80.1 cm³/mol. The average molecular weight is 274 g/mol. The monoisotopic (exact) mass is 274 g/mol. The van der Waals surface area contributed by atoms with Gasteiger partial charge in [-0.1, -0.05) is 25.7 Å². The molecule has 0 heterocycles. The molecule has 0 unspecified atom stereocenters. The summed E-state index contributed by atoms with van der Waals surface area (Å²) in [6.07, 6.45) is 7.06. The minimum Gasteiger partial charge on any atom is -0.335 e. The molecule has 1 aromatic rings. The van der Waals surface area contributed by atoms with Crippen molar-refractivity contribution in [1.82, 2.24) is 5.32 Å². The third kappa shape index (κ3) is 4.37. The molecule has 1 aromatic carbocycles. The molecule has 1 fully saturated rings. The molecule has 1 aliphatic carbocycles. The number of rotatable bonds is 3. The van der Waals surface area contributed by atoms with E-state index in [2.05, 4.69) is 10.6 Å². The van der Waals surface area contributed by atoms with Crippen molar-refractivity contribution in [2.75, 3.05) is 5.32 Å². The van der Waals surface area contributed by atoms with Gasteiger partial charge in [0.2, 0.25) is 0 Å². The van der Waals surface area contributed by atoms with Crippen molar-refractivity contribution in [3.8, 4) is 0 Å². The Kier molecular flexibility index (Phi) is 5.16. The van der Waals surface area contributed by atoms with Crippen LogP contribution in [0.5, 0.6) is 0 Å². The van der Waals surface area contributed by atoms with Crippen LogP contribution in [0.3, 0.4) is 0 Å². The van der Waals surface area contributed by atoms with Crippen molar-refractivity contribution in [3.63, 3.8) is 0 Å². The largest absolute Gasteiger partial charge is 0.335 e. The predicted octanol–water partition coefficient (Wildman–Crippen LogP) is 3.73. The zero-order valence-electron chi connectivity index (χ0n) is 11.9. The molecule has 0 atom stereocenters. The van der Waals surface area contributed by atoms with Gasteiger partial charge in [0.05, 0.1) is 0 Å². The van der Waals surface area contributed by atoms with Crippen LogP contribution >= 0.6 is 0 Å². The Morgan fingerprint density at radius 2 is 1.60 bits per heavy atom. The zero-order valence-corrected chi connectivity index (χ0v) is 11.9. The van der Waals surface area contributed by atoms with Gasteiger partial charge in [-0.2, -0.15) is 0 Å². The second kappa shape index (κ2) is 7.08. The van der Waals surface area contributed by atoms with Crippen LogP contribution in [0.1, 0.15) is 55.8 Å². The van der Waals surface area contributed by atoms with E-state index in [9.17, 15) is 9.59 Å². The summed E-state index contributed by atoms with van der Waals surface area (Å²) < 4.78 is 0. The Balaban J connectivity index is 1.85. The lowest BCUT2D eigenvalue weighted by Crippen LogP contribution is -2.37. The number of hydrogen-bond donors (Lipinski definition) is 2. The van der Waals surface area contributed by atoms with Crippen molar-refractivity contribution in [2.24, 2.45) is 0 Å². The number of hydrogen-bond acceptors (Lipinski definition) is 2. The fraction of sp³-hybridized carbons (Fsp3) is 0.500. The van der Waals surface area contributed by atoms with E-state index in [4.69, 9.17) is 0 Å². The van der Waals surface area contributed by atoms with Crippen molar-refractivity contribution < 1.29 is 9.59 Å². The number of Topliss-reactive ketones (excluding diaryl/α,β-unsaturated/α-hetero) is 1. The van der Waals surface area contributed by atoms with Gasteiger partial charge in [-0.25, -0.2) is 4.79 Å². The van der Waals surface area contributed by atoms with Crippen LogP contribution < -0.4 is 10.6 Å². The van der Waals surface area contributed by atoms with Crippen LogP contribution in [0, 0.1) is 0 Å². The molecule has 108 valence electrons. The highest BCUT2D eigenvalue weighted by molar-refractivity contribution is 5.95. The lowest BCUT2D eigenvalue weighted by molar-refractivity contribution is 0.101. The Hall–Kier alpha value is -1.84. The fourth-order valence-electron chi connectivity index (χ4n) is 2.56. The summed E-state index contributed by atoms with van der Waals surface area (Å²) in [7, 11) is 0. The number of anilines is 1. The highest BCUT2D eigenvalue weighted by Gasteiger charge is 2.14. The molecular formula is C16H22N2O2. The van der Waals surface area contributed by atoms with Gasteiger partial charge in [-0.05, 0) is 44.0 Å². The van der Waals surface area contributed by atoms with E-state index < -0.39 is 0 Å². The molecule has 0 radical (unpaired) electrons. The first-order valence-electron chi connectivity index (χ1n) is 7.33. The van der Waals surface area contributed by atoms with Crippen molar-refractivity contribution in [3.05, 3.63) is 29.8 Å². The van der Waals surface area contributed by atoms with Gasteiger partial charge < -0.3 is 10.6 Å². The molecule has 1 aliphatic rings. The van der Waals surface area contributed by atoms with E-state index in [1.54, 1.807) is 24.3 Å². The fourth-order valence-corrected chi connectivity index (χ4v) is 2.56. The smallest absolute Gasteiger partial charge is 0.319 e. The quantitative estimate of drug-likeness (QED) is 0.651. The van der Waals surface area contributed by atoms with Gasteiger partial charge in [0.15, 0.2) is 5.78 Å². The molecule has 2 rings (SSSR count). The summed E-state index contributed by atoms with van der Waals surface area (Å²) in [5.74, 6) is 0.0273. The lowest BCUT2D eigenvalue weighted by atomic mass is 10.1. The van der Waals surface area contributed by atoms with Gasteiger partial charge in [-0.3, -0.25) is 4.79 Å². The van der Waals surface area contributed by atoms with Gasteiger partial charge in [0.1, 0.15) is 0 Å². The third-order valence-corrected chi connectivity index (χ3v) is 3.74. The average Bonchev–Trinajstić information content (AvgIpc) is 2.68. The van der Waals surface area contributed by atoms with E-state index in [1.807, 2.05) is 0 Å². The summed E-state index contributed by atoms with van der Waals surface area (Å²) in [5.41, 5.74) is 1.36. The van der Waals surface area contributed by atoms with Crippen LogP contribution in [-0.4, -0.2) is 17.9 Å². The van der Waals surface area contributed by atoms with E-state index in [0.29, 0.717) is 11.3 Å². The Morgan fingerprint density at radius 3 is 2.15 bits per heavy atom. The molecule has 2 amide bonds. The number of carbonyl (C=O) groups is 2. The number of urea groups is 1. The van der Waals surface area contributed by atoms with Crippen LogP contribution in [0.25, 0.3) is 0 Å². The van der Waals surface area contributed by atoms with Crippen molar-refractivity contribution in [2.45, 2.75) is 51.5 Å². The summed E-state index contributed by atoms with van der Waals surface area (Å²) in [5, 5.41) is 5.84. The van der Waals surface area contributed by atoms with Crippen LogP contribution in [0.4, 0.5) is 10.5 Å². The van der Waals surface area contributed by atoms with Crippen LogP contribution in [0.2, 0.25) is 0 Å². The molecule has 0 spiro atoms. The Bertz CT molecular complexity index is 460. The van der Waals surface area contributed by atoms with Gasteiger partial charge in [-0.15, -0.1) is 0 Å². The first-order chi connectivity index (χ1) is 9.65. The Morgan fingerprint density at radius 1 is 1.00 bits per heavy atom. The molecule has 0 aliphatic heterocycles. The van der Waals surface area contributed by atoms with Gasteiger partial charge in [0, 0.05) is 17.3 Å². The van der Waals surface area contributed by atoms with E-state index in [1.165, 1.54) is 32.6 Å².